The van der Waals surface area contributed by atoms with Gasteiger partial charge in [0, 0.05) is 6.07 Å². The molecule has 0 aliphatic heterocycles. The molecule has 1 atom stereocenters. The lowest BCUT2D eigenvalue weighted by molar-refractivity contribution is 0.236. The van der Waals surface area contributed by atoms with Gasteiger partial charge in [0.05, 0.1) is 6.20 Å². The summed E-state index contributed by atoms with van der Waals surface area (Å²) >= 11 is 0. The topological polar surface area (TPSA) is 124 Å². The zero-order chi connectivity index (χ0) is 20.0. The van der Waals surface area contributed by atoms with E-state index in [0.717, 1.165) is 12.3 Å². The lowest BCUT2D eigenvalue weighted by Crippen LogP contribution is -2.06. The summed E-state index contributed by atoms with van der Waals surface area (Å²) in [7, 11) is -9.63. The first-order valence-corrected chi connectivity index (χ1v) is 10.8. The Morgan fingerprint density at radius 3 is 1.75 bits per heavy atom. The molecule has 1 unspecified atom stereocenters. The highest BCUT2D eigenvalue weighted by Gasteiger charge is 2.42. The minimum atomic E-state index is -4.98. The zero-order valence-corrected chi connectivity index (χ0v) is 16.0. The third-order valence-electron chi connectivity index (χ3n) is 3.05. The minimum absolute atomic E-state index is 0.0875. The first-order valence-electron chi connectivity index (χ1n) is 7.82. The van der Waals surface area contributed by atoms with Gasteiger partial charge in [-0.05, 0) is 30.3 Å². The molecule has 0 radical (unpaired) electrons. The van der Waals surface area contributed by atoms with Crippen molar-refractivity contribution < 1.29 is 37.0 Å². The molecule has 2 aromatic carbocycles. The molecule has 2 N–H and O–H groups in total. The van der Waals surface area contributed by atoms with E-state index in [-0.39, 0.29) is 23.1 Å². The van der Waals surface area contributed by atoms with Crippen molar-refractivity contribution in [3.8, 4) is 23.1 Å². The van der Waals surface area contributed by atoms with Crippen molar-refractivity contribution in [3.63, 3.8) is 0 Å². The molecule has 28 heavy (non-hydrogen) atoms. The predicted octanol–water partition coefficient (Wildman–Crippen LogP) is 4.55. The van der Waals surface area contributed by atoms with E-state index in [0.29, 0.717) is 0 Å². The van der Waals surface area contributed by atoms with Crippen LogP contribution in [0.3, 0.4) is 0 Å². The van der Waals surface area contributed by atoms with Crippen LogP contribution in [0.5, 0.6) is 23.1 Å². The van der Waals surface area contributed by atoms with Crippen LogP contribution in [0.15, 0.2) is 79.0 Å². The summed E-state index contributed by atoms with van der Waals surface area (Å²) in [4.78, 5) is 13.6. The highest BCUT2D eigenvalue weighted by atomic mass is 31.3. The molecule has 1 aromatic heterocycles. The maximum Gasteiger partial charge on any atom is 0.597 e. The SMILES string of the molecule is O=P(O)(Oc1ccc(O)cn1)OP(=O)(Oc1ccccc1)Oc1ccccc1. The molecule has 146 valence electrons. The van der Waals surface area contributed by atoms with Crippen LogP contribution in [-0.2, 0) is 13.4 Å². The molecule has 9 nitrogen and oxygen atoms in total. The normalized spacial score (nSPS) is 13.3. The molecule has 3 aromatic rings. The Morgan fingerprint density at radius 2 is 1.29 bits per heavy atom. The Kier molecular flexibility index (Phi) is 6.02. The van der Waals surface area contributed by atoms with Crippen LogP contribution in [0.2, 0.25) is 0 Å². The average molecular weight is 423 g/mol. The monoisotopic (exact) mass is 423 g/mol. The van der Waals surface area contributed by atoms with E-state index in [2.05, 4.69) is 4.98 Å². The predicted molar refractivity (Wildman–Crippen MR) is 99.2 cm³/mol. The highest BCUT2D eigenvalue weighted by molar-refractivity contribution is 7.62. The number of hydrogen-bond acceptors (Lipinski definition) is 8. The summed E-state index contributed by atoms with van der Waals surface area (Å²) in [6.45, 7) is 0. The number of phosphoric acid groups is 2. The lowest BCUT2D eigenvalue weighted by atomic mass is 10.3. The van der Waals surface area contributed by atoms with Gasteiger partial charge in [0.15, 0.2) is 0 Å². The van der Waals surface area contributed by atoms with Crippen LogP contribution in [0, 0.1) is 0 Å². The number of pyridine rings is 1. The van der Waals surface area contributed by atoms with Crippen LogP contribution < -0.4 is 13.6 Å². The fourth-order valence-electron chi connectivity index (χ4n) is 1.96. The molecule has 1 heterocycles. The van der Waals surface area contributed by atoms with Gasteiger partial charge in [-0.3, -0.25) is 4.89 Å². The van der Waals surface area contributed by atoms with Crippen LogP contribution in [0.1, 0.15) is 0 Å². The molecule has 0 amide bonds. The van der Waals surface area contributed by atoms with Gasteiger partial charge < -0.3 is 18.7 Å². The van der Waals surface area contributed by atoms with Crippen molar-refractivity contribution >= 4 is 15.6 Å². The van der Waals surface area contributed by atoms with Crippen LogP contribution in [-0.4, -0.2) is 15.0 Å². The van der Waals surface area contributed by atoms with E-state index >= 15 is 0 Å². The van der Waals surface area contributed by atoms with Crippen LogP contribution in [0.25, 0.3) is 0 Å². The second kappa shape index (κ2) is 8.46. The summed E-state index contributed by atoms with van der Waals surface area (Å²) in [5, 5.41) is 9.20. The molecule has 0 bridgehead atoms. The lowest BCUT2D eigenvalue weighted by Gasteiger charge is -2.20. The molecule has 0 spiro atoms. The van der Waals surface area contributed by atoms with Crippen LogP contribution >= 0.6 is 15.6 Å². The summed E-state index contributed by atoms with van der Waals surface area (Å²) < 4.78 is 45.4. The summed E-state index contributed by atoms with van der Waals surface area (Å²) in [5.74, 6) is -0.338. The Hall–Kier alpha value is -2.83. The van der Waals surface area contributed by atoms with Crippen molar-refractivity contribution in [2.75, 3.05) is 0 Å². The van der Waals surface area contributed by atoms with Gasteiger partial charge in [-0.15, -0.1) is 0 Å². The van der Waals surface area contributed by atoms with E-state index in [1.165, 1.54) is 30.3 Å². The van der Waals surface area contributed by atoms with Gasteiger partial charge in [0.1, 0.15) is 17.2 Å². The zero-order valence-electron chi connectivity index (χ0n) is 14.2. The molecule has 11 heteroatoms. The van der Waals surface area contributed by atoms with E-state index in [9.17, 15) is 19.1 Å². The van der Waals surface area contributed by atoms with E-state index in [4.69, 9.17) is 17.9 Å². The largest absolute Gasteiger partial charge is 0.597 e. The van der Waals surface area contributed by atoms with Gasteiger partial charge in [-0.2, -0.15) is 4.31 Å². The highest BCUT2D eigenvalue weighted by Crippen LogP contribution is 2.62. The Labute approximate surface area is 160 Å². The molecule has 0 aliphatic rings. The standard InChI is InChI=1S/C17H15NO8P2/c19-14-11-12-17(18-13-14)25-27(20,21)26-28(22,23-15-7-3-1-4-8-15)24-16-9-5-2-6-10-16/h1-13,19H,(H,20,21). The van der Waals surface area contributed by atoms with E-state index in [1.54, 1.807) is 36.4 Å². The first kappa shape index (κ1) is 19.9. The Balaban J connectivity index is 1.83. The van der Waals surface area contributed by atoms with Gasteiger partial charge in [-0.1, -0.05) is 36.4 Å². The van der Waals surface area contributed by atoms with Gasteiger partial charge >= 0.3 is 15.6 Å². The molecular weight excluding hydrogens is 408 g/mol. The number of aromatic hydroxyl groups is 1. The molecule has 0 saturated heterocycles. The number of para-hydroxylation sites is 2. The minimum Gasteiger partial charge on any atom is -0.506 e. The van der Waals surface area contributed by atoms with Gasteiger partial charge in [0.2, 0.25) is 5.88 Å². The van der Waals surface area contributed by atoms with Crippen molar-refractivity contribution in [1.82, 2.24) is 4.98 Å². The number of benzene rings is 2. The van der Waals surface area contributed by atoms with Gasteiger partial charge in [-0.25, -0.2) is 14.1 Å². The maximum absolute atomic E-state index is 13.1. The quantitative estimate of drug-likeness (QED) is 0.502. The third kappa shape index (κ3) is 5.84. The summed E-state index contributed by atoms with van der Waals surface area (Å²) in [6.07, 6.45) is 0.996. The number of hydrogen-bond donors (Lipinski definition) is 2. The van der Waals surface area contributed by atoms with Crippen molar-refractivity contribution in [1.29, 1.82) is 0 Å². The Bertz CT molecular complexity index is 953. The molecule has 0 fully saturated rings. The van der Waals surface area contributed by atoms with Crippen molar-refractivity contribution in [2.24, 2.45) is 0 Å². The number of phosphoric ester groups is 2. The average Bonchev–Trinajstić information content (AvgIpc) is 2.64. The molecule has 0 saturated carbocycles. The molecular formula is C17H15NO8P2. The van der Waals surface area contributed by atoms with Crippen molar-refractivity contribution in [2.45, 2.75) is 0 Å². The number of rotatable bonds is 8. The third-order valence-corrected chi connectivity index (χ3v) is 5.97. The van der Waals surface area contributed by atoms with Crippen molar-refractivity contribution in [3.05, 3.63) is 79.0 Å². The number of aromatic nitrogens is 1. The summed E-state index contributed by atoms with van der Waals surface area (Å²) in [5.41, 5.74) is 0. The second-order valence-electron chi connectivity index (χ2n) is 5.25. The summed E-state index contributed by atoms with van der Waals surface area (Å²) in [6, 6.07) is 18.0. The van der Waals surface area contributed by atoms with Gasteiger partial charge in [0.25, 0.3) is 0 Å². The second-order valence-corrected chi connectivity index (χ2v) is 8.28. The Morgan fingerprint density at radius 1 is 0.750 bits per heavy atom. The molecule has 3 rings (SSSR count). The van der Waals surface area contributed by atoms with Crippen LogP contribution in [0.4, 0.5) is 0 Å². The fraction of sp³-hybridized carbons (Fsp3) is 0. The van der Waals surface area contributed by atoms with E-state index < -0.39 is 15.6 Å². The maximum atomic E-state index is 13.1. The molecule has 0 aliphatic carbocycles. The van der Waals surface area contributed by atoms with E-state index in [1.807, 2.05) is 0 Å². The fourth-order valence-corrected chi connectivity index (χ4v) is 4.51. The smallest absolute Gasteiger partial charge is 0.506 e. The first-order chi connectivity index (χ1) is 13.3. The number of nitrogens with zero attached hydrogens (tertiary/aromatic N) is 1.